The van der Waals surface area contributed by atoms with Gasteiger partial charge < -0.3 is 14.7 Å². The van der Waals surface area contributed by atoms with Gasteiger partial charge in [-0.3, -0.25) is 4.79 Å². The van der Waals surface area contributed by atoms with Crippen LogP contribution in [0.5, 0.6) is 0 Å². The van der Waals surface area contributed by atoms with Gasteiger partial charge in [-0.25, -0.2) is 0 Å². The van der Waals surface area contributed by atoms with E-state index in [0.717, 1.165) is 25.7 Å². The summed E-state index contributed by atoms with van der Waals surface area (Å²) in [4.78, 5) is 17.9. The summed E-state index contributed by atoms with van der Waals surface area (Å²) in [7, 11) is 8.42. The number of hydrogen-bond acceptors (Lipinski definition) is 3. The van der Waals surface area contributed by atoms with Crippen LogP contribution in [0.4, 0.5) is 0 Å². The molecule has 0 aromatic carbocycles. The van der Waals surface area contributed by atoms with Gasteiger partial charge in [0, 0.05) is 39.6 Å². The fraction of sp³-hybridized carbons (Fsp3) is 0.933. The molecule has 0 bridgehead atoms. The Hall–Kier alpha value is -0.610. The van der Waals surface area contributed by atoms with Crippen LogP contribution in [-0.4, -0.2) is 74.5 Å². The Labute approximate surface area is 118 Å². The maximum Gasteiger partial charge on any atom is 0.219 e. The zero-order valence-corrected chi connectivity index (χ0v) is 13.4. The molecule has 0 aromatic rings. The lowest BCUT2D eigenvalue weighted by Gasteiger charge is -2.36. The Balaban J connectivity index is 2.26. The van der Waals surface area contributed by atoms with Crippen LogP contribution in [0.25, 0.3) is 0 Å². The minimum atomic E-state index is 0.185. The number of hydrogen-bond donors (Lipinski definition) is 0. The van der Waals surface area contributed by atoms with Crippen LogP contribution in [0, 0.1) is 5.92 Å². The van der Waals surface area contributed by atoms with Crippen molar-refractivity contribution in [2.45, 2.75) is 38.6 Å². The van der Waals surface area contributed by atoms with E-state index in [9.17, 15) is 4.79 Å². The standard InChI is InChI=1S/C15H31N3O/c1-13(19)18(5)12-14-6-8-15(9-7-14)17(4)11-10-16(2)3/h14-15H,6-12H2,1-5H3. The summed E-state index contributed by atoms with van der Waals surface area (Å²) < 4.78 is 0. The predicted molar refractivity (Wildman–Crippen MR) is 80.2 cm³/mol. The average Bonchev–Trinajstić information content (AvgIpc) is 2.36. The van der Waals surface area contributed by atoms with E-state index in [-0.39, 0.29) is 5.91 Å². The lowest BCUT2D eigenvalue weighted by Crippen LogP contribution is -2.40. The van der Waals surface area contributed by atoms with Crippen molar-refractivity contribution in [2.24, 2.45) is 5.92 Å². The van der Waals surface area contributed by atoms with Crippen molar-refractivity contribution in [2.75, 3.05) is 47.8 Å². The van der Waals surface area contributed by atoms with E-state index >= 15 is 0 Å². The van der Waals surface area contributed by atoms with E-state index in [1.165, 1.54) is 25.7 Å². The quantitative estimate of drug-likeness (QED) is 0.731. The van der Waals surface area contributed by atoms with E-state index in [2.05, 4.69) is 30.9 Å². The van der Waals surface area contributed by atoms with Gasteiger partial charge in [-0.15, -0.1) is 0 Å². The highest BCUT2D eigenvalue weighted by atomic mass is 16.2. The van der Waals surface area contributed by atoms with Crippen molar-refractivity contribution in [3.8, 4) is 0 Å². The van der Waals surface area contributed by atoms with Crippen LogP contribution < -0.4 is 0 Å². The second kappa shape index (κ2) is 7.85. The van der Waals surface area contributed by atoms with Crippen molar-refractivity contribution in [1.82, 2.24) is 14.7 Å². The molecule has 0 atom stereocenters. The molecular weight excluding hydrogens is 238 g/mol. The number of carbonyl (C=O) groups excluding carboxylic acids is 1. The molecule has 0 aliphatic heterocycles. The molecule has 0 unspecified atom stereocenters. The molecule has 1 amide bonds. The lowest BCUT2D eigenvalue weighted by atomic mass is 9.85. The largest absolute Gasteiger partial charge is 0.346 e. The van der Waals surface area contributed by atoms with E-state index in [4.69, 9.17) is 0 Å². The molecular formula is C15H31N3O. The van der Waals surface area contributed by atoms with E-state index in [1.54, 1.807) is 6.92 Å². The Morgan fingerprint density at radius 3 is 2.05 bits per heavy atom. The second-order valence-corrected chi connectivity index (χ2v) is 6.36. The molecule has 19 heavy (non-hydrogen) atoms. The van der Waals surface area contributed by atoms with Gasteiger partial charge in [-0.2, -0.15) is 0 Å². The molecule has 4 nitrogen and oxygen atoms in total. The lowest BCUT2D eigenvalue weighted by molar-refractivity contribution is -0.128. The summed E-state index contributed by atoms with van der Waals surface area (Å²) in [6.45, 7) is 4.86. The van der Waals surface area contributed by atoms with Gasteiger partial charge in [-0.1, -0.05) is 0 Å². The molecule has 0 heterocycles. The van der Waals surface area contributed by atoms with Gasteiger partial charge >= 0.3 is 0 Å². The van der Waals surface area contributed by atoms with E-state index < -0.39 is 0 Å². The highest BCUT2D eigenvalue weighted by Crippen LogP contribution is 2.27. The van der Waals surface area contributed by atoms with E-state index in [1.807, 2.05) is 11.9 Å². The summed E-state index contributed by atoms with van der Waals surface area (Å²) in [6.07, 6.45) is 5.07. The van der Waals surface area contributed by atoms with Crippen LogP contribution in [-0.2, 0) is 4.79 Å². The first-order chi connectivity index (χ1) is 8.90. The van der Waals surface area contributed by atoms with Crippen LogP contribution in [0.3, 0.4) is 0 Å². The Kier molecular flexibility index (Phi) is 6.80. The zero-order valence-electron chi connectivity index (χ0n) is 13.4. The van der Waals surface area contributed by atoms with Crippen molar-refractivity contribution in [1.29, 1.82) is 0 Å². The number of nitrogens with zero attached hydrogens (tertiary/aromatic N) is 3. The van der Waals surface area contributed by atoms with Crippen molar-refractivity contribution in [3.05, 3.63) is 0 Å². The predicted octanol–water partition coefficient (Wildman–Crippen LogP) is 1.52. The molecule has 1 aliphatic carbocycles. The first-order valence-electron chi connectivity index (χ1n) is 7.46. The third-order valence-corrected chi connectivity index (χ3v) is 4.41. The van der Waals surface area contributed by atoms with Gasteiger partial charge in [0.05, 0.1) is 0 Å². The summed E-state index contributed by atoms with van der Waals surface area (Å²) in [5, 5.41) is 0. The molecule has 112 valence electrons. The number of rotatable bonds is 6. The summed E-state index contributed by atoms with van der Waals surface area (Å²) in [6, 6.07) is 0.735. The van der Waals surface area contributed by atoms with Gasteiger partial charge in [-0.05, 0) is 52.7 Å². The fourth-order valence-corrected chi connectivity index (χ4v) is 2.82. The maximum atomic E-state index is 11.3. The minimum absolute atomic E-state index is 0.185. The third-order valence-electron chi connectivity index (χ3n) is 4.41. The number of likely N-dealkylation sites (N-methyl/N-ethyl adjacent to an activating group) is 2. The van der Waals surface area contributed by atoms with E-state index in [0.29, 0.717) is 5.92 Å². The van der Waals surface area contributed by atoms with Crippen LogP contribution in [0.2, 0.25) is 0 Å². The highest BCUT2D eigenvalue weighted by Gasteiger charge is 2.24. The van der Waals surface area contributed by atoms with Crippen molar-refractivity contribution < 1.29 is 4.79 Å². The first kappa shape index (κ1) is 16.4. The molecule has 0 saturated heterocycles. The second-order valence-electron chi connectivity index (χ2n) is 6.36. The molecule has 4 heteroatoms. The highest BCUT2D eigenvalue weighted by molar-refractivity contribution is 5.72. The summed E-state index contributed by atoms with van der Waals surface area (Å²) in [5.74, 6) is 0.887. The number of carbonyl (C=O) groups is 1. The molecule has 1 aliphatic rings. The van der Waals surface area contributed by atoms with Gasteiger partial charge in [0.1, 0.15) is 0 Å². The Bertz CT molecular complexity index is 273. The van der Waals surface area contributed by atoms with Crippen LogP contribution in [0.1, 0.15) is 32.6 Å². The maximum absolute atomic E-state index is 11.3. The molecule has 1 rings (SSSR count). The Morgan fingerprint density at radius 1 is 1.00 bits per heavy atom. The molecule has 1 saturated carbocycles. The zero-order chi connectivity index (χ0) is 14.4. The molecule has 0 radical (unpaired) electrons. The molecule has 0 N–H and O–H groups in total. The van der Waals surface area contributed by atoms with Crippen molar-refractivity contribution >= 4 is 5.91 Å². The number of amides is 1. The monoisotopic (exact) mass is 269 g/mol. The third kappa shape index (κ3) is 5.91. The Morgan fingerprint density at radius 2 is 1.58 bits per heavy atom. The summed E-state index contributed by atoms with van der Waals surface area (Å²) >= 11 is 0. The smallest absolute Gasteiger partial charge is 0.219 e. The van der Waals surface area contributed by atoms with Gasteiger partial charge in [0.25, 0.3) is 0 Å². The first-order valence-corrected chi connectivity index (χ1v) is 7.46. The van der Waals surface area contributed by atoms with Gasteiger partial charge in [0.2, 0.25) is 5.91 Å². The fourth-order valence-electron chi connectivity index (χ4n) is 2.82. The normalized spacial score (nSPS) is 23.9. The molecule has 1 fully saturated rings. The minimum Gasteiger partial charge on any atom is -0.346 e. The topological polar surface area (TPSA) is 26.8 Å². The summed E-state index contributed by atoms with van der Waals surface area (Å²) in [5.41, 5.74) is 0. The van der Waals surface area contributed by atoms with Gasteiger partial charge in [0.15, 0.2) is 0 Å². The SMILES string of the molecule is CC(=O)N(C)CC1CCC(N(C)CCN(C)C)CC1. The van der Waals surface area contributed by atoms with Crippen molar-refractivity contribution in [3.63, 3.8) is 0 Å². The average molecular weight is 269 g/mol. The van der Waals surface area contributed by atoms with Crippen LogP contribution >= 0.6 is 0 Å². The molecule has 0 spiro atoms. The van der Waals surface area contributed by atoms with Crippen LogP contribution in [0.15, 0.2) is 0 Å². The molecule has 0 aromatic heterocycles.